The molecule has 2 unspecified atom stereocenters. The molecule has 1 aromatic rings. The van der Waals surface area contributed by atoms with Crippen LogP contribution in [0.25, 0.3) is 0 Å². The van der Waals surface area contributed by atoms with Crippen LogP contribution in [0.5, 0.6) is 0 Å². The summed E-state index contributed by atoms with van der Waals surface area (Å²) in [4.78, 5) is 29.3. The molecule has 0 saturated heterocycles. The molecule has 7 nitrogen and oxygen atoms in total. The van der Waals surface area contributed by atoms with E-state index in [1.54, 1.807) is 11.9 Å². The second kappa shape index (κ2) is 9.32. The van der Waals surface area contributed by atoms with Crippen molar-refractivity contribution in [2.24, 2.45) is 5.92 Å². The van der Waals surface area contributed by atoms with Crippen LogP contribution < -0.4 is 0 Å². The molecule has 0 radical (unpaired) electrons. The molecule has 0 aliphatic rings. The third-order valence-corrected chi connectivity index (χ3v) is 4.73. The molecule has 0 aliphatic heterocycles. The van der Waals surface area contributed by atoms with Gasteiger partial charge in [0.2, 0.25) is 0 Å². The van der Waals surface area contributed by atoms with E-state index >= 15 is 0 Å². The Kier molecular flexibility index (Phi) is 8.02. The Labute approximate surface area is 159 Å². The predicted octanol–water partition coefficient (Wildman–Crippen LogP) is 4.20. The smallest absolute Gasteiger partial charge is 0.410 e. The highest BCUT2D eigenvalue weighted by Gasteiger charge is 2.31. The number of thiazole rings is 1. The fourth-order valence-corrected chi connectivity index (χ4v) is 3.39. The maximum atomic E-state index is 12.4. The van der Waals surface area contributed by atoms with Crippen molar-refractivity contribution in [1.82, 2.24) is 9.88 Å². The van der Waals surface area contributed by atoms with E-state index in [1.165, 1.54) is 16.7 Å². The zero-order valence-corrected chi connectivity index (χ0v) is 17.4. The lowest BCUT2D eigenvalue weighted by molar-refractivity contribution is -0.000894. The van der Waals surface area contributed by atoms with E-state index in [4.69, 9.17) is 14.6 Å². The zero-order valence-electron chi connectivity index (χ0n) is 16.6. The van der Waals surface area contributed by atoms with Crippen molar-refractivity contribution in [2.45, 2.75) is 65.7 Å². The molecule has 0 fully saturated rings. The van der Waals surface area contributed by atoms with Gasteiger partial charge in [0.25, 0.3) is 0 Å². The summed E-state index contributed by atoms with van der Waals surface area (Å²) in [5.74, 6) is -0.900. The Morgan fingerprint density at radius 3 is 2.38 bits per heavy atom. The second-order valence-corrected chi connectivity index (χ2v) is 8.35. The quantitative estimate of drug-likeness (QED) is 0.720. The van der Waals surface area contributed by atoms with Gasteiger partial charge in [-0.25, -0.2) is 14.6 Å². The number of amides is 1. The fourth-order valence-electron chi connectivity index (χ4n) is 2.54. The maximum Gasteiger partial charge on any atom is 0.410 e. The van der Waals surface area contributed by atoms with Gasteiger partial charge in [0.1, 0.15) is 16.7 Å². The van der Waals surface area contributed by atoms with Crippen LogP contribution >= 0.6 is 11.3 Å². The van der Waals surface area contributed by atoms with Crippen molar-refractivity contribution in [2.75, 3.05) is 13.7 Å². The van der Waals surface area contributed by atoms with E-state index in [0.717, 1.165) is 0 Å². The summed E-state index contributed by atoms with van der Waals surface area (Å²) in [5.41, 5.74) is -0.561. The van der Waals surface area contributed by atoms with Gasteiger partial charge in [-0.3, -0.25) is 0 Å². The van der Waals surface area contributed by atoms with Crippen molar-refractivity contribution in [3.63, 3.8) is 0 Å². The molecule has 2 atom stereocenters. The number of hydrogen-bond acceptors (Lipinski definition) is 6. The summed E-state index contributed by atoms with van der Waals surface area (Å²) in [5, 5.41) is 11.2. The Morgan fingerprint density at radius 2 is 1.96 bits per heavy atom. The van der Waals surface area contributed by atoms with Crippen molar-refractivity contribution >= 4 is 23.4 Å². The number of rotatable bonds is 8. The van der Waals surface area contributed by atoms with Gasteiger partial charge in [0.15, 0.2) is 5.69 Å². The Balaban J connectivity index is 2.99. The van der Waals surface area contributed by atoms with Crippen LogP contribution in [0.2, 0.25) is 0 Å². The van der Waals surface area contributed by atoms with Crippen molar-refractivity contribution in [3.05, 3.63) is 16.1 Å². The van der Waals surface area contributed by atoms with Crippen molar-refractivity contribution in [3.8, 4) is 0 Å². The van der Waals surface area contributed by atoms with Crippen LogP contribution in [0.3, 0.4) is 0 Å². The molecule has 0 saturated carbocycles. The molecule has 0 spiro atoms. The van der Waals surface area contributed by atoms with Gasteiger partial charge in [-0.2, -0.15) is 0 Å². The van der Waals surface area contributed by atoms with Crippen LogP contribution in [0.1, 0.15) is 69.6 Å². The normalized spacial score (nSPS) is 14.2. The second-order valence-electron chi connectivity index (χ2n) is 7.46. The molecular formula is C18H30N2O5S. The van der Waals surface area contributed by atoms with E-state index in [9.17, 15) is 9.59 Å². The lowest BCUT2D eigenvalue weighted by atomic mass is 9.96. The first-order chi connectivity index (χ1) is 12.0. The van der Waals surface area contributed by atoms with Crippen molar-refractivity contribution in [1.29, 1.82) is 0 Å². The maximum absolute atomic E-state index is 12.4. The molecule has 0 aliphatic carbocycles. The molecule has 1 amide bonds. The first-order valence-corrected chi connectivity index (χ1v) is 9.60. The Morgan fingerprint density at radius 1 is 1.35 bits per heavy atom. The highest BCUT2D eigenvalue weighted by molar-refractivity contribution is 7.09. The third-order valence-electron chi connectivity index (χ3n) is 3.79. The summed E-state index contributed by atoms with van der Waals surface area (Å²) < 4.78 is 11.3. The van der Waals surface area contributed by atoms with Gasteiger partial charge in [0.05, 0.1) is 0 Å². The topological polar surface area (TPSA) is 89.0 Å². The number of carboxylic acid groups (broad SMARTS) is 1. The van der Waals surface area contributed by atoms with Crippen LogP contribution in [-0.2, 0) is 9.47 Å². The lowest BCUT2D eigenvalue weighted by Crippen LogP contribution is -2.44. The number of carboxylic acids is 1. The first-order valence-electron chi connectivity index (χ1n) is 8.72. The number of aromatic carboxylic acids is 1. The first kappa shape index (κ1) is 22.4. The molecule has 0 bridgehead atoms. The standard InChI is InChI=1S/C18H30N2O5S/c1-8-24-14(15-19-12(10-26-15)16(21)22)9-13(11(2)3)20(7)17(23)25-18(4,5)6/h10-11,13-14H,8-9H2,1-7H3,(H,21,22). The molecule has 8 heteroatoms. The van der Waals surface area contributed by atoms with E-state index in [-0.39, 0.29) is 23.8 Å². The Hall–Kier alpha value is -1.67. The molecule has 1 aromatic heterocycles. The molecule has 0 aromatic carbocycles. The zero-order chi connectivity index (χ0) is 20.1. The molecule has 26 heavy (non-hydrogen) atoms. The number of aromatic nitrogens is 1. The summed E-state index contributed by atoms with van der Waals surface area (Å²) in [6, 6.07) is -0.140. The fraction of sp³-hybridized carbons (Fsp3) is 0.722. The monoisotopic (exact) mass is 386 g/mol. The number of carbonyl (C=O) groups excluding carboxylic acids is 1. The van der Waals surface area contributed by atoms with E-state index < -0.39 is 17.7 Å². The van der Waals surface area contributed by atoms with Crippen LogP contribution in [0.4, 0.5) is 4.79 Å². The van der Waals surface area contributed by atoms with Crippen LogP contribution in [0, 0.1) is 5.92 Å². The SMILES string of the molecule is CCOC(CC(C(C)C)N(C)C(=O)OC(C)(C)C)c1nc(C(=O)O)cs1. The summed E-state index contributed by atoms with van der Waals surface area (Å²) >= 11 is 1.26. The molecule has 1 heterocycles. The minimum absolute atomic E-state index is 0.0105. The third kappa shape index (κ3) is 6.57. The van der Waals surface area contributed by atoms with Gasteiger partial charge >= 0.3 is 12.1 Å². The van der Waals surface area contributed by atoms with Gasteiger partial charge in [-0.15, -0.1) is 11.3 Å². The van der Waals surface area contributed by atoms with E-state index in [0.29, 0.717) is 18.0 Å². The number of nitrogens with zero attached hydrogens (tertiary/aromatic N) is 2. The van der Waals surface area contributed by atoms with E-state index in [2.05, 4.69) is 4.98 Å². The van der Waals surface area contributed by atoms with Crippen LogP contribution in [0.15, 0.2) is 5.38 Å². The summed E-state index contributed by atoms with van der Waals surface area (Å²) in [7, 11) is 1.71. The number of carbonyl (C=O) groups is 2. The average molecular weight is 387 g/mol. The van der Waals surface area contributed by atoms with E-state index in [1.807, 2.05) is 41.5 Å². The molecule has 1 N–H and O–H groups in total. The summed E-state index contributed by atoms with van der Waals surface area (Å²) in [6.07, 6.45) is -0.263. The van der Waals surface area contributed by atoms with Gasteiger partial charge in [-0.05, 0) is 33.6 Å². The van der Waals surface area contributed by atoms with Gasteiger partial charge in [-0.1, -0.05) is 13.8 Å². The lowest BCUT2D eigenvalue weighted by Gasteiger charge is -2.34. The van der Waals surface area contributed by atoms with Crippen LogP contribution in [-0.4, -0.2) is 52.4 Å². The average Bonchev–Trinajstić information content (AvgIpc) is 2.98. The molecule has 148 valence electrons. The number of hydrogen-bond donors (Lipinski definition) is 1. The predicted molar refractivity (Wildman–Crippen MR) is 101 cm³/mol. The highest BCUT2D eigenvalue weighted by atomic mass is 32.1. The number of ether oxygens (including phenoxy) is 2. The minimum Gasteiger partial charge on any atom is -0.476 e. The molecule has 1 rings (SSSR count). The van der Waals surface area contributed by atoms with Gasteiger partial charge < -0.3 is 19.5 Å². The molecular weight excluding hydrogens is 356 g/mol. The van der Waals surface area contributed by atoms with Crippen molar-refractivity contribution < 1.29 is 24.2 Å². The largest absolute Gasteiger partial charge is 0.476 e. The highest BCUT2D eigenvalue weighted by Crippen LogP contribution is 2.30. The minimum atomic E-state index is -1.06. The summed E-state index contributed by atoms with van der Waals surface area (Å²) in [6.45, 7) is 11.9. The Bertz CT molecular complexity index is 609. The van der Waals surface area contributed by atoms with Gasteiger partial charge in [0, 0.05) is 31.5 Å².